The van der Waals surface area contributed by atoms with E-state index in [2.05, 4.69) is 5.32 Å². The average molecular weight is 239 g/mol. The fourth-order valence-electron chi connectivity index (χ4n) is 1.62. The summed E-state index contributed by atoms with van der Waals surface area (Å²) in [7, 11) is 0. The lowest BCUT2D eigenvalue weighted by Gasteiger charge is -2.10. The molecule has 17 heavy (non-hydrogen) atoms. The lowest BCUT2D eigenvalue weighted by molar-refractivity contribution is 0.0915. The summed E-state index contributed by atoms with van der Waals surface area (Å²) < 4.78 is 5.46. The van der Waals surface area contributed by atoms with Crippen LogP contribution in [0.1, 0.15) is 42.1 Å². The zero-order chi connectivity index (χ0) is 12.8. The smallest absolute Gasteiger partial charge is 0.287 e. The molecule has 96 valence electrons. The fraction of sp³-hybridized carbons (Fsp3) is 0.615. The van der Waals surface area contributed by atoms with E-state index in [1.807, 2.05) is 26.8 Å². The highest BCUT2D eigenvalue weighted by molar-refractivity contribution is 5.92. The summed E-state index contributed by atoms with van der Waals surface area (Å²) in [6, 6.07) is 1.89. The molecule has 4 heteroatoms. The summed E-state index contributed by atoms with van der Waals surface area (Å²) in [5, 5.41) is 11.6. The number of aliphatic hydroxyl groups excluding tert-OH is 1. The monoisotopic (exact) mass is 239 g/mol. The van der Waals surface area contributed by atoms with Gasteiger partial charge in [0.2, 0.25) is 0 Å². The maximum absolute atomic E-state index is 11.8. The van der Waals surface area contributed by atoms with Gasteiger partial charge in [0.05, 0.1) is 0 Å². The standard InChI is InChI=1S/C13H21NO3/c1-4-11-7-10(3)12(17-11)13(16)14-8-9(2)5-6-15/h7,9,15H,4-6,8H2,1-3H3,(H,14,16). The molecule has 0 saturated heterocycles. The third kappa shape index (κ3) is 3.89. The van der Waals surface area contributed by atoms with Crippen molar-refractivity contribution in [2.45, 2.75) is 33.6 Å². The second-order valence-electron chi connectivity index (χ2n) is 4.41. The summed E-state index contributed by atoms with van der Waals surface area (Å²) in [6.07, 6.45) is 1.48. The lowest BCUT2D eigenvalue weighted by Crippen LogP contribution is -2.28. The van der Waals surface area contributed by atoms with E-state index in [0.717, 1.165) is 17.7 Å². The Hall–Kier alpha value is -1.29. The second-order valence-corrected chi connectivity index (χ2v) is 4.41. The molecule has 0 aliphatic rings. The Morgan fingerprint density at radius 3 is 2.82 bits per heavy atom. The molecule has 0 aromatic carbocycles. The maximum Gasteiger partial charge on any atom is 0.287 e. The molecule has 1 amide bonds. The second kappa shape index (κ2) is 6.45. The number of rotatable bonds is 6. The van der Waals surface area contributed by atoms with E-state index in [9.17, 15) is 4.79 Å². The van der Waals surface area contributed by atoms with E-state index in [1.165, 1.54) is 0 Å². The van der Waals surface area contributed by atoms with E-state index in [-0.39, 0.29) is 18.4 Å². The SMILES string of the molecule is CCc1cc(C)c(C(=O)NCC(C)CCO)o1. The Balaban J connectivity index is 2.54. The van der Waals surface area contributed by atoms with Crippen molar-refractivity contribution in [2.24, 2.45) is 5.92 Å². The largest absolute Gasteiger partial charge is 0.456 e. The zero-order valence-electron chi connectivity index (χ0n) is 10.7. The number of carbonyl (C=O) groups is 1. The van der Waals surface area contributed by atoms with Gasteiger partial charge in [-0.1, -0.05) is 13.8 Å². The van der Waals surface area contributed by atoms with Crippen LogP contribution in [0.4, 0.5) is 0 Å². The summed E-state index contributed by atoms with van der Waals surface area (Å²) in [6.45, 7) is 6.55. The first kappa shape index (κ1) is 13.8. The number of aryl methyl sites for hydroxylation is 2. The molecule has 1 rings (SSSR count). The first-order valence-corrected chi connectivity index (χ1v) is 6.06. The number of hydrogen-bond donors (Lipinski definition) is 2. The summed E-state index contributed by atoms with van der Waals surface area (Å²) >= 11 is 0. The van der Waals surface area contributed by atoms with Crippen molar-refractivity contribution in [2.75, 3.05) is 13.2 Å². The van der Waals surface area contributed by atoms with Crippen molar-refractivity contribution in [1.82, 2.24) is 5.32 Å². The van der Waals surface area contributed by atoms with Gasteiger partial charge in [0.15, 0.2) is 5.76 Å². The van der Waals surface area contributed by atoms with Crippen molar-refractivity contribution < 1.29 is 14.3 Å². The number of aliphatic hydroxyl groups is 1. The number of amides is 1. The van der Waals surface area contributed by atoms with E-state index in [0.29, 0.717) is 18.7 Å². The summed E-state index contributed by atoms with van der Waals surface area (Å²) in [5.74, 6) is 1.32. The van der Waals surface area contributed by atoms with Gasteiger partial charge >= 0.3 is 0 Å². The molecule has 0 bridgehead atoms. The highest BCUT2D eigenvalue weighted by Gasteiger charge is 2.15. The Morgan fingerprint density at radius 2 is 2.29 bits per heavy atom. The van der Waals surface area contributed by atoms with Gasteiger partial charge in [-0.05, 0) is 25.3 Å². The number of nitrogens with one attached hydrogen (secondary N) is 1. The highest BCUT2D eigenvalue weighted by Crippen LogP contribution is 2.15. The van der Waals surface area contributed by atoms with Gasteiger partial charge < -0.3 is 14.8 Å². The van der Waals surface area contributed by atoms with E-state index in [1.54, 1.807) is 0 Å². The van der Waals surface area contributed by atoms with Gasteiger partial charge in [-0.25, -0.2) is 0 Å². The number of carbonyl (C=O) groups excluding carboxylic acids is 1. The predicted molar refractivity (Wildman–Crippen MR) is 66.0 cm³/mol. The third-order valence-electron chi connectivity index (χ3n) is 2.76. The van der Waals surface area contributed by atoms with Gasteiger partial charge in [0.25, 0.3) is 5.91 Å². The first-order valence-electron chi connectivity index (χ1n) is 6.06. The topological polar surface area (TPSA) is 62.5 Å². The fourth-order valence-corrected chi connectivity index (χ4v) is 1.62. The minimum Gasteiger partial charge on any atom is -0.456 e. The summed E-state index contributed by atoms with van der Waals surface area (Å²) in [4.78, 5) is 11.8. The summed E-state index contributed by atoms with van der Waals surface area (Å²) in [5.41, 5.74) is 0.870. The van der Waals surface area contributed by atoms with Gasteiger partial charge in [0, 0.05) is 25.1 Å². The molecule has 1 atom stereocenters. The van der Waals surface area contributed by atoms with Crippen LogP contribution in [-0.4, -0.2) is 24.2 Å². The molecule has 0 aliphatic carbocycles. The maximum atomic E-state index is 11.8. The Bertz CT molecular complexity index is 371. The van der Waals surface area contributed by atoms with E-state index >= 15 is 0 Å². The quantitative estimate of drug-likeness (QED) is 0.797. The van der Waals surface area contributed by atoms with Crippen LogP contribution in [0.15, 0.2) is 10.5 Å². The normalized spacial score (nSPS) is 12.5. The van der Waals surface area contributed by atoms with Crippen molar-refractivity contribution in [3.63, 3.8) is 0 Å². The van der Waals surface area contributed by atoms with Crippen LogP contribution < -0.4 is 5.32 Å². The first-order chi connectivity index (χ1) is 8.08. The number of hydrogen-bond acceptors (Lipinski definition) is 3. The molecular weight excluding hydrogens is 218 g/mol. The van der Waals surface area contributed by atoms with Crippen LogP contribution in [0.5, 0.6) is 0 Å². The van der Waals surface area contributed by atoms with E-state index < -0.39 is 0 Å². The Morgan fingerprint density at radius 1 is 1.59 bits per heavy atom. The van der Waals surface area contributed by atoms with Gasteiger partial charge in [0.1, 0.15) is 5.76 Å². The van der Waals surface area contributed by atoms with Crippen LogP contribution in [0.25, 0.3) is 0 Å². The van der Waals surface area contributed by atoms with Gasteiger partial charge in [-0.2, -0.15) is 0 Å². The van der Waals surface area contributed by atoms with Crippen LogP contribution in [0, 0.1) is 12.8 Å². The molecule has 1 unspecified atom stereocenters. The molecule has 2 N–H and O–H groups in total. The average Bonchev–Trinajstić information content (AvgIpc) is 2.68. The predicted octanol–water partition coefficient (Wildman–Crippen LogP) is 1.90. The van der Waals surface area contributed by atoms with Crippen LogP contribution in [0.3, 0.4) is 0 Å². The van der Waals surface area contributed by atoms with Crippen molar-refractivity contribution in [3.05, 3.63) is 23.2 Å². The molecule has 0 aliphatic heterocycles. The molecule has 1 aromatic heterocycles. The Labute approximate surface area is 102 Å². The van der Waals surface area contributed by atoms with Gasteiger partial charge in [-0.15, -0.1) is 0 Å². The molecule has 0 radical (unpaired) electrons. The van der Waals surface area contributed by atoms with Crippen molar-refractivity contribution >= 4 is 5.91 Å². The molecule has 0 fully saturated rings. The lowest BCUT2D eigenvalue weighted by atomic mass is 10.1. The third-order valence-corrected chi connectivity index (χ3v) is 2.76. The van der Waals surface area contributed by atoms with Crippen molar-refractivity contribution in [1.29, 1.82) is 0 Å². The molecular formula is C13H21NO3. The number of furan rings is 1. The van der Waals surface area contributed by atoms with E-state index in [4.69, 9.17) is 9.52 Å². The molecule has 1 aromatic rings. The highest BCUT2D eigenvalue weighted by atomic mass is 16.4. The molecule has 0 saturated carbocycles. The van der Waals surface area contributed by atoms with Crippen LogP contribution in [-0.2, 0) is 6.42 Å². The van der Waals surface area contributed by atoms with Crippen molar-refractivity contribution in [3.8, 4) is 0 Å². The molecule has 0 spiro atoms. The molecule has 4 nitrogen and oxygen atoms in total. The van der Waals surface area contributed by atoms with Crippen LogP contribution in [0.2, 0.25) is 0 Å². The van der Waals surface area contributed by atoms with Gasteiger partial charge in [-0.3, -0.25) is 4.79 Å². The van der Waals surface area contributed by atoms with Crippen LogP contribution >= 0.6 is 0 Å². The minimum atomic E-state index is -0.174. The Kier molecular flexibility index (Phi) is 5.22. The molecule has 1 heterocycles. The minimum absolute atomic E-state index is 0.150. The zero-order valence-corrected chi connectivity index (χ0v) is 10.7.